The largest absolute Gasteiger partial charge is 0.398 e. The minimum Gasteiger partial charge on any atom is -0.398 e. The van der Waals surface area contributed by atoms with Crippen molar-refractivity contribution in [3.63, 3.8) is 0 Å². The Labute approximate surface area is 121 Å². The second kappa shape index (κ2) is 5.37. The zero-order chi connectivity index (χ0) is 15.0. The van der Waals surface area contributed by atoms with Crippen LogP contribution in [-0.4, -0.2) is 14.0 Å². The maximum absolute atomic E-state index is 12.7. The SMILES string of the molecule is Cc1ccc(N)c(C)c1S(=O)(=O)NC1(C)CCCCC1. The summed E-state index contributed by atoms with van der Waals surface area (Å²) >= 11 is 0. The van der Waals surface area contributed by atoms with Gasteiger partial charge >= 0.3 is 0 Å². The van der Waals surface area contributed by atoms with E-state index < -0.39 is 10.0 Å². The molecule has 112 valence electrons. The Morgan fingerprint density at radius 1 is 1.15 bits per heavy atom. The third-order valence-electron chi connectivity index (χ3n) is 4.25. The van der Waals surface area contributed by atoms with Crippen LogP contribution in [0.2, 0.25) is 0 Å². The number of nitrogens with two attached hydrogens (primary N) is 1. The molecule has 2 rings (SSSR count). The summed E-state index contributed by atoms with van der Waals surface area (Å²) in [5.74, 6) is 0. The quantitative estimate of drug-likeness (QED) is 0.842. The summed E-state index contributed by atoms with van der Waals surface area (Å²) in [6.45, 7) is 5.57. The van der Waals surface area contributed by atoms with Crippen molar-refractivity contribution in [3.05, 3.63) is 23.3 Å². The predicted octanol–water partition coefficient (Wildman–Crippen LogP) is 2.89. The molecule has 0 unspecified atom stereocenters. The second-order valence-electron chi connectivity index (χ2n) is 6.15. The average molecular weight is 296 g/mol. The summed E-state index contributed by atoms with van der Waals surface area (Å²) in [6, 6.07) is 3.52. The van der Waals surface area contributed by atoms with Crippen LogP contribution in [0, 0.1) is 13.8 Å². The minimum absolute atomic E-state index is 0.333. The Bertz CT molecular complexity index is 603. The number of hydrogen-bond acceptors (Lipinski definition) is 3. The van der Waals surface area contributed by atoms with Crippen LogP contribution < -0.4 is 10.5 Å². The zero-order valence-electron chi connectivity index (χ0n) is 12.5. The molecule has 0 radical (unpaired) electrons. The Morgan fingerprint density at radius 3 is 2.35 bits per heavy atom. The fourth-order valence-electron chi connectivity index (χ4n) is 3.07. The molecule has 0 bridgehead atoms. The number of sulfonamides is 1. The van der Waals surface area contributed by atoms with Gasteiger partial charge < -0.3 is 5.73 Å². The standard InChI is InChI=1S/C15H24N2O2S/c1-11-7-8-13(16)12(2)14(11)20(18,19)17-15(3)9-5-4-6-10-15/h7-8,17H,4-6,9-10,16H2,1-3H3. The van der Waals surface area contributed by atoms with Gasteiger partial charge in [0.05, 0.1) is 4.90 Å². The monoisotopic (exact) mass is 296 g/mol. The lowest BCUT2D eigenvalue weighted by Crippen LogP contribution is -2.47. The summed E-state index contributed by atoms with van der Waals surface area (Å²) in [5.41, 5.74) is 7.42. The van der Waals surface area contributed by atoms with E-state index in [0.717, 1.165) is 31.2 Å². The molecule has 3 N–H and O–H groups in total. The van der Waals surface area contributed by atoms with Crippen LogP contribution in [0.4, 0.5) is 5.69 Å². The molecule has 0 amide bonds. The van der Waals surface area contributed by atoms with E-state index in [9.17, 15) is 8.42 Å². The van der Waals surface area contributed by atoms with Crippen LogP contribution in [0.3, 0.4) is 0 Å². The third kappa shape index (κ3) is 2.99. The summed E-state index contributed by atoms with van der Waals surface area (Å²) in [5, 5.41) is 0. The number of nitrogens with one attached hydrogen (secondary N) is 1. The van der Waals surface area contributed by atoms with Gasteiger partial charge in [-0.1, -0.05) is 25.3 Å². The Morgan fingerprint density at radius 2 is 1.75 bits per heavy atom. The number of rotatable bonds is 3. The van der Waals surface area contributed by atoms with Gasteiger partial charge in [0, 0.05) is 11.2 Å². The first kappa shape index (κ1) is 15.3. The second-order valence-corrected chi connectivity index (χ2v) is 7.77. The summed E-state index contributed by atoms with van der Waals surface area (Å²) in [6.07, 6.45) is 5.13. The smallest absolute Gasteiger partial charge is 0.241 e. The fourth-order valence-corrected chi connectivity index (χ4v) is 5.03. The van der Waals surface area contributed by atoms with Gasteiger partial charge in [0.2, 0.25) is 10.0 Å². The topological polar surface area (TPSA) is 72.2 Å². The molecule has 4 nitrogen and oxygen atoms in total. The van der Waals surface area contributed by atoms with E-state index >= 15 is 0 Å². The van der Waals surface area contributed by atoms with E-state index in [-0.39, 0.29) is 5.54 Å². The predicted molar refractivity (Wildman–Crippen MR) is 82.1 cm³/mol. The van der Waals surface area contributed by atoms with Gasteiger partial charge in [0.15, 0.2) is 0 Å². The van der Waals surface area contributed by atoms with Crippen LogP contribution in [0.25, 0.3) is 0 Å². The molecule has 0 saturated heterocycles. The Balaban J connectivity index is 2.38. The third-order valence-corrected chi connectivity index (χ3v) is 6.18. The van der Waals surface area contributed by atoms with Crippen molar-refractivity contribution >= 4 is 15.7 Å². The summed E-state index contributed by atoms with van der Waals surface area (Å²) < 4.78 is 28.4. The van der Waals surface area contributed by atoms with Gasteiger partial charge in [-0.2, -0.15) is 0 Å². The molecule has 1 aliphatic rings. The lowest BCUT2D eigenvalue weighted by Gasteiger charge is -2.34. The van der Waals surface area contributed by atoms with Crippen molar-refractivity contribution in [1.29, 1.82) is 0 Å². The van der Waals surface area contributed by atoms with Gasteiger partial charge in [0.1, 0.15) is 0 Å². The van der Waals surface area contributed by atoms with Crippen LogP contribution >= 0.6 is 0 Å². The molecule has 1 aromatic rings. The number of hydrogen-bond donors (Lipinski definition) is 2. The van der Waals surface area contributed by atoms with Gasteiger partial charge in [-0.3, -0.25) is 0 Å². The fraction of sp³-hybridized carbons (Fsp3) is 0.600. The molecule has 0 heterocycles. The van der Waals surface area contributed by atoms with Crippen LogP contribution in [-0.2, 0) is 10.0 Å². The molecule has 1 fully saturated rings. The first-order valence-electron chi connectivity index (χ1n) is 7.15. The lowest BCUT2D eigenvalue weighted by molar-refractivity contribution is 0.294. The maximum atomic E-state index is 12.7. The zero-order valence-corrected chi connectivity index (χ0v) is 13.3. The molecule has 20 heavy (non-hydrogen) atoms. The lowest BCUT2D eigenvalue weighted by atomic mass is 9.84. The Hall–Kier alpha value is -1.07. The van der Waals surface area contributed by atoms with Gasteiger partial charge in [-0.25, -0.2) is 13.1 Å². The number of benzene rings is 1. The first-order valence-corrected chi connectivity index (χ1v) is 8.63. The minimum atomic E-state index is -3.53. The van der Waals surface area contributed by atoms with Gasteiger partial charge in [0.25, 0.3) is 0 Å². The van der Waals surface area contributed by atoms with Crippen molar-refractivity contribution in [2.45, 2.75) is 63.3 Å². The molecular weight excluding hydrogens is 272 g/mol. The molecule has 0 atom stereocenters. The molecule has 1 aromatic carbocycles. The van der Waals surface area contributed by atoms with Crippen LogP contribution in [0.15, 0.2) is 17.0 Å². The van der Waals surface area contributed by atoms with E-state index in [1.807, 2.05) is 13.8 Å². The van der Waals surface area contributed by atoms with E-state index in [0.29, 0.717) is 16.1 Å². The van der Waals surface area contributed by atoms with E-state index in [1.165, 1.54) is 6.42 Å². The van der Waals surface area contributed by atoms with E-state index in [2.05, 4.69) is 4.72 Å². The van der Waals surface area contributed by atoms with Crippen LogP contribution in [0.5, 0.6) is 0 Å². The maximum Gasteiger partial charge on any atom is 0.241 e. The van der Waals surface area contributed by atoms with Gasteiger partial charge in [-0.05, 0) is 50.8 Å². The highest BCUT2D eigenvalue weighted by Crippen LogP contribution is 2.31. The van der Waals surface area contributed by atoms with Crippen molar-refractivity contribution in [2.24, 2.45) is 0 Å². The van der Waals surface area contributed by atoms with Crippen molar-refractivity contribution in [1.82, 2.24) is 4.72 Å². The van der Waals surface area contributed by atoms with Crippen molar-refractivity contribution < 1.29 is 8.42 Å². The van der Waals surface area contributed by atoms with Crippen molar-refractivity contribution in [2.75, 3.05) is 5.73 Å². The normalized spacial score (nSPS) is 18.9. The summed E-state index contributed by atoms with van der Waals surface area (Å²) in [4.78, 5) is 0.337. The highest BCUT2D eigenvalue weighted by molar-refractivity contribution is 7.89. The highest BCUT2D eigenvalue weighted by Gasteiger charge is 2.33. The molecule has 1 aliphatic carbocycles. The Kier molecular flexibility index (Phi) is 4.12. The molecular formula is C15H24N2O2S. The van der Waals surface area contributed by atoms with Crippen molar-refractivity contribution in [3.8, 4) is 0 Å². The van der Waals surface area contributed by atoms with Crippen LogP contribution in [0.1, 0.15) is 50.2 Å². The number of nitrogen functional groups attached to an aromatic ring is 1. The molecule has 0 spiro atoms. The van der Waals surface area contributed by atoms with E-state index in [4.69, 9.17) is 5.73 Å². The van der Waals surface area contributed by atoms with E-state index in [1.54, 1.807) is 19.1 Å². The number of anilines is 1. The molecule has 1 saturated carbocycles. The average Bonchev–Trinajstić information content (AvgIpc) is 2.33. The number of aryl methyl sites for hydroxylation is 1. The first-order chi connectivity index (χ1) is 9.25. The van der Waals surface area contributed by atoms with Gasteiger partial charge in [-0.15, -0.1) is 0 Å². The molecule has 5 heteroatoms. The summed E-state index contributed by atoms with van der Waals surface area (Å²) in [7, 11) is -3.53. The molecule has 0 aliphatic heterocycles. The highest BCUT2D eigenvalue weighted by atomic mass is 32.2. The molecule has 0 aromatic heterocycles.